The number of carbonyl (C=O) groups excluding carboxylic acids is 3. The highest BCUT2D eigenvalue weighted by atomic mass is 16.6. The Kier molecular flexibility index (Phi) is 63.2. The molecule has 0 saturated heterocycles. The molecular weight excluding hydrogens is 961 g/mol. The van der Waals surface area contributed by atoms with Crippen molar-refractivity contribution < 1.29 is 28.6 Å². The zero-order valence-corrected chi connectivity index (χ0v) is 51.7. The zero-order valence-electron chi connectivity index (χ0n) is 51.7. The third kappa shape index (κ3) is 63.4. The van der Waals surface area contributed by atoms with Gasteiger partial charge in [0.25, 0.3) is 0 Å². The number of allylic oxidation sites excluding steroid dienone is 14. The molecule has 0 aromatic carbocycles. The number of hydrogen-bond acceptors (Lipinski definition) is 6. The third-order valence-electron chi connectivity index (χ3n) is 14.6. The number of unbranched alkanes of at least 4 members (excludes halogenated alkanes) is 36. The average Bonchev–Trinajstić information content (AvgIpc) is 3.44. The lowest BCUT2D eigenvalue weighted by molar-refractivity contribution is -0.167. The van der Waals surface area contributed by atoms with Crippen LogP contribution in [0.4, 0.5) is 0 Å². The Labute approximate surface area is 484 Å². The van der Waals surface area contributed by atoms with Crippen LogP contribution in [0.25, 0.3) is 0 Å². The summed E-state index contributed by atoms with van der Waals surface area (Å²) in [6, 6.07) is 0. The minimum absolute atomic E-state index is 0.0781. The van der Waals surface area contributed by atoms with E-state index in [0.717, 1.165) is 103 Å². The first-order valence-electron chi connectivity index (χ1n) is 33.6. The molecular formula is C72H126O6. The molecule has 6 nitrogen and oxygen atoms in total. The van der Waals surface area contributed by atoms with Crippen molar-refractivity contribution in [3.63, 3.8) is 0 Å². The molecule has 1 unspecified atom stereocenters. The van der Waals surface area contributed by atoms with Crippen molar-refractivity contribution in [2.75, 3.05) is 13.2 Å². The fourth-order valence-corrected chi connectivity index (χ4v) is 9.59. The first-order chi connectivity index (χ1) is 38.5. The lowest BCUT2D eigenvalue weighted by Gasteiger charge is -2.18. The molecule has 0 bridgehead atoms. The molecule has 78 heavy (non-hydrogen) atoms. The second-order valence-electron chi connectivity index (χ2n) is 22.3. The summed E-state index contributed by atoms with van der Waals surface area (Å²) in [5.74, 6) is -0.878. The van der Waals surface area contributed by atoms with Gasteiger partial charge in [-0.3, -0.25) is 14.4 Å². The van der Waals surface area contributed by atoms with E-state index in [4.69, 9.17) is 14.2 Å². The van der Waals surface area contributed by atoms with Crippen molar-refractivity contribution in [3.8, 4) is 0 Å². The van der Waals surface area contributed by atoms with E-state index in [1.165, 1.54) is 193 Å². The number of hydrogen-bond donors (Lipinski definition) is 0. The summed E-state index contributed by atoms with van der Waals surface area (Å²) >= 11 is 0. The fourth-order valence-electron chi connectivity index (χ4n) is 9.59. The van der Waals surface area contributed by atoms with Crippen molar-refractivity contribution in [2.45, 2.75) is 341 Å². The van der Waals surface area contributed by atoms with Gasteiger partial charge in [-0.25, -0.2) is 0 Å². The quantitative estimate of drug-likeness (QED) is 0.0261. The maximum Gasteiger partial charge on any atom is 0.306 e. The van der Waals surface area contributed by atoms with E-state index in [9.17, 15) is 14.4 Å². The Hall–Kier alpha value is -3.41. The first kappa shape index (κ1) is 74.6. The summed E-state index contributed by atoms with van der Waals surface area (Å²) < 4.78 is 16.9. The normalized spacial score (nSPS) is 12.6. The highest BCUT2D eigenvalue weighted by Crippen LogP contribution is 2.17. The Morgan fingerprint density at radius 1 is 0.269 bits per heavy atom. The second kappa shape index (κ2) is 66.1. The number of carbonyl (C=O) groups is 3. The molecule has 0 spiro atoms. The topological polar surface area (TPSA) is 78.9 Å². The van der Waals surface area contributed by atoms with Crippen LogP contribution in [0.3, 0.4) is 0 Å². The summed E-state index contributed by atoms with van der Waals surface area (Å²) in [6.45, 7) is 6.49. The van der Waals surface area contributed by atoms with Crippen molar-refractivity contribution >= 4 is 17.9 Å². The molecule has 0 aromatic rings. The van der Waals surface area contributed by atoms with Gasteiger partial charge >= 0.3 is 17.9 Å². The predicted octanol–water partition coefficient (Wildman–Crippen LogP) is 23.1. The minimum atomic E-state index is -0.781. The Morgan fingerprint density at radius 3 is 0.846 bits per heavy atom. The molecule has 0 amide bonds. The standard InChI is InChI=1S/C72H126O6/c1-4-7-10-13-16-19-22-24-26-28-30-32-33-34-35-36-37-38-39-41-42-44-46-48-50-53-56-59-62-65-71(74)77-68-69(67-76-70(73)64-61-58-55-52-21-18-15-12-9-6-3)78-72(75)66-63-60-57-54-51-49-47-45-43-40-31-29-27-25-23-20-17-14-11-8-5-2/h7,10,12,15-16,19,24,26,29-32,34-35,69H,4-6,8-9,11,13-14,17-18,20-23,25,27-28,33,36-68H2,1-3H3/b10-7-,15-12-,19-16-,26-24-,31-29-,32-30-,35-34-. The maximum absolute atomic E-state index is 12.9. The molecule has 0 radical (unpaired) electrons. The zero-order chi connectivity index (χ0) is 56.4. The number of esters is 3. The minimum Gasteiger partial charge on any atom is -0.462 e. The molecule has 0 rings (SSSR count). The smallest absolute Gasteiger partial charge is 0.306 e. The van der Waals surface area contributed by atoms with E-state index in [1.807, 2.05) is 0 Å². The van der Waals surface area contributed by atoms with Gasteiger partial charge in [-0.05, 0) is 109 Å². The predicted molar refractivity (Wildman–Crippen MR) is 339 cm³/mol. The molecule has 0 N–H and O–H groups in total. The van der Waals surface area contributed by atoms with Gasteiger partial charge in [0.2, 0.25) is 0 Å². The monoisotopic (exact) mass is 1090 g/mol. The summed E-state index contributed by atoms with van der Waals surface area (Å²) in [5, 5.41) is 0. The fraction of sp³-hybridized carbons (Fsp3) is 0.764. The van der Waals surface area contributed by atoms with Crippen LogP contribution in [-0.4, -0.2) is 37.2 Å². The summed E-state index contributed by atoms with van der Waals surface area (Å²) in [7, 11) is 0. The molecule has 0 aliphatic rings. The number of ether oxygens (including phenoxy) is 3. The van der Waals surface area contributed by atoms with E-state index in [-0.39, 0.29) is 31.1 Å². The van der Waals surface area contributed by atoms with Gasteiger partial charge in [-0.15, -0.1) is 0 Å². The van der Waals surface area contributed by atoms with Crippen LogP contribution in [0, 0.1) is 0 Å². The van der Waals surface area contributed by atoms with Crippen molar-refractivity contribution in [1.29, 1.82) is 0 Å². The SMILES string of the molecule is CC/C=C\C/C=C\C/C=C\C/C=C\C/C=C\CCCCCCCCCCCCCCCC(=O)OCC(COC(=O)CCCCCCC/C=C\CCC)OC(=O)CCCCCCCCCCC/C=C\CCCCCCCCCC. The lowest BCUT2D eigenvalue weighted by Crippen LogP contribution is -2.30. The van der Waals surface area contributed by atoms with E-state index >= 15 is 0 Å². The Bertz CT molecular complexity index is 1480. The van der Waals surface area contributed by atoms with Crippen molar-refractivity contribution in [2.24, 2.45) is 0 Å². The van der Waals surface area contributed by atoms with Crippen molar-refractivity contribution in [3.05, 3.63) is 85.1 Å². The van der Waals surface area contributed by atoms with E-state index in [2.05, 4.69) is 106 Å². The van der Waals surface area contributed by atoms with E-state index in [0.29, 0.717) is 19.3 Å². The number of rotatable bonds is 61. The molecule has 0 heterocycles. The van der Waals surface area contributed by atoms with Gasteiger partial charge in [-0.1, -0.05) is 292 Å². The van der Waals surface area contributed by atoms with Gasteiger partial charge < -0.3 is 14.2 Å². The van der Waals surface area contributed by atoms with Gasteiger partial charge in [0.05, 0.1) is 0 Å². The first-order valence-corrected chi connectivity index (χ1v) is 33.6. The highest BCUT2D eigenvalue weighted by molar-refractivity contribution is 5.71. The summed E-state index contributed by atoms with van der Waals surface area (Å²) in [6.07, 6.45) is 87.5. The Balaban J connectivity index is 4.19. The molecule has 0 saturated carbocycles. The van der Waals surface area contributed by atoms with Crippen LogP contribution in [0.1, 0.15) is 335 Å². The molecule has 450 valence electrons. The largest absolute Gasteiger partial charge is 0.462 e. The van der Waals surface area contributed by atoms with Gasteiger partial charge in [0.15, 0.2) is 6.10 Å². The molecule has 0 aliphatic heterocycles. The molecule has 0 fully saturated rings. The lowest BCUT2D eigenvalue weighted by atomic mass is 10.0. The summed E-state index contributed by atoms with van der Waals surface area (Å²) in [4.78, 5) is 38.3. The highest BCUT2D eigenvalue weighted by Gasteiger charge is 2.19. The van der Waals surface area contributed by atoms with E-state index in [1.54, 1.807) is 0 Å². The Morgan fingerprint density at radius 2 is 0.526 bits per heavy atom. The van der Waals surface area contributed by atoms with Crippen molar-refractivity contribution in [1.82, 2.24) is 0 Å². The van der Waals surface area contributed by atoms with E-state index < -0.39 is 6.10 Å². The van der Waals surface area contributed by atoms with Crippen LogP contribution < -0.4 is 0 Å². The van der Waals surface area contributed by atoms with Gasteiger partial charge in [0, 0.05) is 19.3 Å². The van der Waals surface area contributed by atoms with Crippen LogP contribution >= 0.6 is 0 Å². The van der Waals surface area contributed by atoms with Crippen LogP contribution in [-0.2, 0) is 28.6 Å². The van der Waals surface area contributed by atoms with Crippen LogP contribution in [0.15, 0.2) is 85.1 Å². The van der Waals surface area contributed by atoms with Crippen LogP contribution in [0.2, 0.25) is 0 Å². The van der Waals surface area contributed by atoms with Crippen LogP contribution in [0.5, 0.6) is 0 Å². The maximum atomic E-state index is 12.9. The molecule has 0 aliphatic carbocycles. The average molecular weight is 1090 g/mol. The second-order valence-corrected chi connectivity index (χ2v) is 22.3. The van der Waals surface area contributed by atoms with Gasteiger partial charge in [-0.2, -0.15) is 0 Å². The molecule has 0 aromatic heterocycles. The molecule has 6 heteroatoms. The van der Waals surface area contributed by atoms with Gasteiger partial charge in [0.1, 0.15) is 13.2 Å². The summed E-state index contributed by atoms with van der Waals surface area (Å²) in [5.41, 5.74) is 0. The molecule has 1 atom stereocenters. The third-order valence-corrected chi connectivity index (χ3v) is 14.6.